The maximum atomic E-state index is 12.6. The van der Waals surface area contributed by atoms with Crippen molar-refractivity contribution in [3.8, 4) is 0 Å². The van der Waals surface area contributed by atoms with Crippen molar-refractivity contribution in [3.05, 3.63) is 71.3 Å². The van der Waals surface area contributed by atoms with Crippen LogP contribution in [0.15, 0.2) is 54.6 Å². The summed E-state index contributed by atoms with van der Waals surface area (Å²) in [6.07, 6.45) is 0. The smallest absolute Gasteiger partial charge is 0.251 e. The maximum Gasteiger partial charge on any atom is 0.251 e. The number of likely N-dealkylation sites (tertiary alicyclic amines) is 1. The van der Waals surface area contributed by atoms with E-state index in [0.29, 0.717) is 0 Å². The van der Waals surface area contributed by atoms with E-state index in [1.165, 1.54) is 5.56 Å². The van der Waals surface area contributed by atoms with Gasteiger partial charge in [-0.25, -0.2) is 0 Å². The molecule has 0 aliphatic carbocycles. The van der Waals surface area contributed by atoms with Crippen LogP contribution in [-0.4, -0.2) is 29.9 Å². The lowest BCUT2D eigenvalue weighted by Crippen LogP contribution is -2.47. The highest BCUT2D eigenvalue weighted by Crippen LogP contribution is 2.43. The molecule has 0 radical (unpaired) electrons. The Balaban J connectivity index is 1.64. The highest BCUT2D eigenvalue weighted by atomic mass is 16.1. The second-order valence-electron chi connectivity index (χ2n) is 7.25. The van der Waals surface area contributed by atoms with Crippen molar-refractivity contribution < 1.29 is 4.79 Å². The summed E-state index contributed by atoms with van der Waals surface area (Å²) in [4.78, 5) is 15.0. The van der Waals surface area contributed by atoms with Gasteiger partial charge in [0.05, 0.1) is 6.04 Å². The number of hydrogen-bond acceptors (Lipinski definition) is 3. The summed E-state index contributed by atoms with van der Waals surface area (Å²) in [6.45, 7) is 4.80. The Morgan fingerprint density at radius 1 is 1.17 bits per heavy atom. The molecule has 2 aliphatic heterocycles. The zero-order valence-electron chi connectivity index (χ0n) is 13.9. The zero-order chi connectivity index (χ0) is 16.7. The summed E-state index contributed by atoms with van der Waals surface area (Å²) in [5.74, 6) is -0.00339. The third-order valence-corrected chi connectivity index (χ3v) is 5.61. The molecule has 2 aromatic rings. The van der Waals surface area contributed by atoms with Gasteiger partial charge in [-0.05, 0) is 17.2 Å². The number of fused-ring (bicyclic) bond motifs is 2. The summed E-state index contributed by atoms with van der Waals surface area (Å²) >= 11 is 0. The normalized spacial score (nSPS) is 29.5. The van der Waals surface area contributed by atoms with Crippen molar-refractivity contribution in [1.82, 2.24) is 10.2 Å². The number of nitrogens with zero attached hydrogens (tertiary/aromatic N) is 1. The average molecular weight is 321 g/mol. The molecule has 2 aliphatic rings. The van der Waals surface area contributed by atoms with E-state index < -0.39 is 0 Å². The van der Waals surface area contributed by atoms with Crippen LogP contribution in [0.25, 0.3) is 0 Å². The van der Waals surface area contributed by atoms with Crippen molar-refractivity contribution >= 4 is 5.91 Å². The van der Waals surface area contributed by atoms with Crippen LogP contribution in [-0.2, 0) is 6.54 Å². The predicted molar refractivity (Wildman–Crippen MR) is 94.5 cm³/mol. The second-order valence-corrected chi connectivity index (χ2v) is 7.25. The van der Waals surface area contributed by atoms with Gasteiger partial charge in [-0.15, -0.1) is 0 Å². The molecule has 0 saturated carbocycles. The van der Waals surface area contributed by atoms with E-state index in [2.05, 4.69) is 41.4 Å². The van der Waals surface area contributed by atoms with E-state index in [0.717, 1.165) is 30.8 Å². The van der Waals surface area contributed by atoms with E-state index in [4.69, 9.17) is 5.73 Å². The molecular weight excluding hydrogens is 298 g/mol. The molecule has 0 aromatic heterocycles. The molecule has 0 spiro atoms. The molecule has 3 atom stereocenters. The Hall–Kier alpha value is -2.17. The van der Waals surface area contributed by atoms with Crippen LogP contribution in [0, 0.1) is 5.41 Å². The fourth-order valence-electron chi connectivity index (χ4n) is 4.18. The number of benzene rings is 2. The van der Waals surface area contributed by atoms with Crippen molar-refractivity contribution in [2.24, 2.45) is 11.1 Å². The SMILES string of the molecule is C[C@]12CN(Cc3ccccc3)C[C@H]1NC(=O)c1ccccc1[C@H]2N. The van der Waals surface area contributed by atoms with Crippen molar-refractivity contribution in [2.75, 3.05) is 13.1 Å². The molecule has 1 amide bonds. The molecule has 3 N–H and O–H groups in total. The quantitative estimate of drug-likeness (QED) is 0.892. The third kappa shape index (κ3) is 2.43. The van der Waals surface area contributed by atoms with Crippen LogP contribution in [0.4, 0.5) is 0 Å². The van der Waals surface area contributed by atoms with Gasteiger partial charge in [0.2, 0.25) is 0 Å². The van der Waals surface area contributed by atoms with Gasteiger partial charge in [0, 0.05) is 36.7 Å². The minimum atomic E-state index is -0.170. The van der Waals surface area contributed by atoms with E-state index in [9.17, 15) is 4.79 Å². The molecule has 124 valence electrons. The molecule has 4 heteroatoms. The minimum absolute atomic E-state index is 0.00339. The molecule has 2 heterocycles. The average Bonchev–Trinajstić information content (AvgIpc) is 2.88. The number of nitrogens with one attached hydrogen (secondary N) is 1. The van der Waals surface area contributed by atoms with Crippen LogP contribution in [0.5, 0.6) is 0 Å². The second kappa shape index (κ2) is 5.72. The third-order valence-electron chi connectivity index (χ3n) is 5.61. The van der Waals surface area contributed by atoms with E-state index >= 15 is 0 Å². The molecular formula is C20H23N3O. The molecule has 0 bridgehead atoms. The van der Waals surface area contributed by atoms with Gasteiger partial charge >= 0.3 is 0 Å². The lowest BCUT2D eigenvalue weighted by molar-refractivity contribution is 0.0918. The molecule has 4 rings (SSSR count). The van der Waals surface area contributed by atoms with Gasteiger partial charge in [-0.3, -0.25) is 9.69 Å². The number of rotatable bonds is 2. The Bertz CT molecular complexity index is 760. The minimum Gasteiger partial charge on any atom is -0.347 e. The van der Waals surface area contributed by atoms with Crippen molar-refractivity contribution in [1.29, 1.82) is 0 Å². The van der Waals surface area contributed by atoms with Crippen LogP contribution < -0.4 is 11.1 Å². The first-order valence-corrected chi connectivity index (χ1v) is 8.49. The highest BCUT2D eigenvalue weighted by Gasteiger charge is 2.50. The van der Waals surface area contributed by atoms with Gasteiger partial charge in [0.25, 0.3) is 5.91 Å². The number of amides is 1. The summed E-state index contributed by atoms with van der Waals surface area (Å²) in [7, 11) is 0. The Morgan fingerprint density at radius 3 is 2.67 bits per heavy atom. The first kappa shape index (κ1) is 15.4. The summed E-state index contributed by atoms with van der Waals surface area (Å²) in [6, 6.07) is 18.1. The van der Waals surface area contributed by atoms with Crippen LogP contribution in [0.2, 0.25) is 0 Å². The Labute approximate surface area is 142 Å². The van der Waals surface area contributed by atoms with Gasteiger partial charge < -0.3 is 11.1 Å². The number of carbonyl (C=O) groups excluding carboxylic acids is 1. The van der Waals surface area contributed by atoms with Crippen molar-refractivity contribution in [3.63, 3.8) is 0 Å². The standard InChI is InChI=1S/C20H23N3O/c1-20-13-23(11-14-7-3-2-4-8-14)12-17(20)22-19(24)16-10-6-5-9-15(16)18(20)21/h2-10,17-18H,11-13,21H2,1H3,(H,22,24)/t17-,18-,20+/m1/s1. The van der Waals surface area contributed by atoms with E-state index in [1.54, 1.807) is 0 Å². The molecule has 1 fully saturated rings. The number of nitrogens with two attached hydrogens (primary N) is 1. The monoisotopic (exact) mass is 321 g/mol. The van der Waals surface area contributed by atoms with Gasteiger partial charge in [-0.2, -0.15) is 0 Å². The van der Waals surface area contributed by atoms with Crippen LogP contribution in [0.3, 0.4) is 0 Å². The van der Waals surface area contributed by atoms with Crippen LogP contribution >= 0.6 is 0 Å². The lowest BCUT2D eigenvalue weighted by Gasteiger charge is -2.35. The van der Waals surface area contributed by atoms with Gasteiger partial charge in [0.1, 0.15) is 0 Å². The van der Waals surface area contributed by atoms with Crippen molar-refractivity contribution in [2.45, 2.75) is 25.6 Å². The van der Waals surface area contributed by atoms with Gasteiger partial charge in [0.15, 0.2) is 0 Å². The molecule has 0 unspecified atom stereocenters. The fourth-order valence-corrected chi connectivity index (χ4v) is 4.18. The molecule has 2 aromatic carbocycles. The largest absolute Gasteiger partial charge is 0.347 e. The van der Waals surface area contributed by atoms with Gasteiger partial charge in [-0.1, -0.05) is 55.5 Å². The van der Waals surface area contributed by atoms with E-state index in [-0.39, 0.29) is 23.4 Å². The number of hydrogen-bond donors (Lipinski definition) is 2. The lowest BCUT2D eigenvalue weighted by atomic mass is 9.75. The fraction of sp³-hybridized carbons (Fsp3) is 0.350. The summed E-state index contributed by atoms with van der Waals surface area (Å²) in [5, 5.41) is 3.22. The first-order chi connectivity index (χ1) is 11.6. The highest BCUT2D eigenvalue weighted by molar-refractivity contribution is 5.96. The molecule has 24 heavy (non-hydrogen) atoms. The first-order valence-electron chi connectivity index (χ1n) is 8.49. The summed E-state index contributed by atoms with van der Waals surface area (Å²) < 4.78 is 0. The Morgan fingerprint density at radius 2 is 1.88 bits per heavy atom. The number of carbonyl (C=O) groups is 1. The molecule has 4 nitrogen and oxygen atoms in total. The molecule has 1 saturated heterocycles. The topological polar surface area (TPSA) is 58.4 Å². The summed E-state index contributed by atoms with van der Waals surface area (Å²) in [5.41, 5.74) is 9.46. The maximum absolute atomic E-state index is 12.6. The van der Waals surface area contributed by atoms with E-state index in [1.807, 2.05) is 30.3 Å². The van der Waals surface area contributed by atoms with Crippen LogP contribution in [0.1, 0.15) is 34.5 Å². The predicted octanol–water partition coefficient (Wildman–Crippen LogP) is 2.32. The zero-order valence-corrected chi connectivity index (χ0v) is 13.9. The Kier molecular flexibility index (Phi) is 3.66.